The maximum absolute atomic E-state index is 11.0. The van der Waals surface area contributed by atoms with Crippen molar-refractivity contribution in [2.45, 2.75) is 0 Å². The quantitative estimate of drug-likeness (QED) is 0.510. The van der Waals surface area contributed by atoms with Gasteiger partial charge >= 0.3 is 6.03 Å². The van der Waals surface area contributed by atoms with Crippen LogP contribution in [0.2, 0.25) is 0 Å². The van der Waals surface area contributed by atoms with E-state index >= 15 is 0 Å². The Bertz CT molecular complexity index is 1190. The summed E-state index contributed by atoms with van der Waals surface area (Å²) in [5.41, 5.74) is 7.08. The number of nitrogens with zero attached hydrogens (tertiary/aromatic N) is 2. The minimum absolute atomic E-state index is 0.245. The van der Waals surface area contributed by atoms with Crippen LogP contribution in [0.15, 0.2) is 65.3 Å². The molecule has 0 atom stereocenters. The first-order valence-electron chi connectivity index (χ1n) is 8.27. The molecule has 0 bridgehead atoms. The number of aldehydes is 1. The average Bonchev–Trinajstić information content (AvgIpc) is 3.17. The zero-order valence-electron chi connectivity index (χ0n) is 14.5. The van der Waals surface area contributed by atoms with Crippen LogP contribution in [0.4, 0.5) is 10.5 Å². The first kappa shape index (κ1) is 17.2. The third-order valence-electron chi connectivity index (χ3n) is 3.94. The molecule has 4 aromatic rings. The van der Waals surface area contributed by atoms with Crippen LogP contribution in [0.1, 0.15) is 10.6 Å². The monoisotopic (exact) mass is 374 g/mol. The van der Waals surface area contributed by atoms with Gasteiger partial charge in [-0.25, -0.2) is 14.8 Å². The Hall–Kier alpha value is -4.20. The summed E-state index contributed by atoms with van der Waals surface area (Å²) in [6.07, 6.45) is 2.05. The van der Waals surface area contributed by atoms with E-state index in [4.69, 9.17) is 14.9 Å². The smallest absolute Gasteiger partial charge is 0.316 e. The number of benzene rings is 2. The van der Waals surface area contributed by atoms with Crippen LogP contribution >= 0.6 is 0 Å². The number of hydrogen-bond donors (Lipinski definition) is 2. The summed E-state index contributed by atoms with van der Waals surface area (Å²) >= 11 is 0. The lowest BCUT2D eigenvalue weighted by atomic mass is 10.1. The largest absolute Gasteiger partial charge is 0.453 e. The average molecular weight is 374 g/mol. The second-order valence-corrected chi connectivity index (χ2v) is 5.85. The molecule has 0 radical (unpaired) electrons. The Morgan fingerprint density at radius 3 is 2.79 bits per heavy atom. The van der Waals surface area contributed by atoms with Crippen LogP contribution in [0.25, 0.3) is 22.2 Å². The topological polar surface area (TPSA) is 120 Å². The molecule has 0 saturated heterocycles. The van der Waals surface area contributed by atoms with Crippen LogP contribution in [0.5, 0.6) is 11.6 Å². The number of anilines is 1. The Labute approximate surface area is 159 Å². The normalized spacial score (nSPS) is 10.6. The fourth-order valence-electron chi connectivity index (χ4n) is 2.73. The lowest BCUT2D eigenvalue weighted by Gasteiger charge is -2.09. The molecule has 3 N–H and O–H groups in total. The van der Waals surface area contributed by atoms with Gasteiger partial charge in [0.25, 0.3) is 0 Å². The molecule has 8 nitrogen and oxygen atoms in total. The van der Waals surface area contributed by atoms with Gasteiger partial charge in [0.2, 0.25) is 5.88 Å². The number of furan rings is 1. The van der Waals surface area contributed by atoms with Gasteiger partial charge in [0.15, 0.2) is 12.0 Å². The number of rotatable bonds is 5. The van der Waals surface area contributed by atoms with Gasteiger partial charge in [-0.1, -0.05) is 6.07 Å². The van der Waals surface area contributed by atoms with Gasteiger partial charge in [-0.05, 0) is 42.5 Å². The molecular formula is C20H14N4O4. The molecule has 0 aliphatic heterocycles. The van der Waals surface area contributed by atoms with Crippen LogP contribution in [0.3, 0.4) is 0 Å². The van der Waals surface area contributed by atoms with Crippen LogP contribution in [-0.4, -0.2) is 22.3 Å². The Kier molecular flexibility index (Phi) is 4.43. The third-order valence-corrected chi connectivity index (χ3v) is 3.94. The van der Waals surface area contributed by atoms with Gasteiger partial charge in [0.1, 0.15) is 17.8 Å². The maximum Gasteiger partial charge on any atom is 0.316 e. The standard InChI is InChI=1S/C20H14N4O4/c21-20(26)24-13-2-1-3-14(9-13)28-19-16-8-12(4-6-17(16)22-11-23-19)18-7-5-15(10-25)27-18/h1-11H,(H3,21,24,26). The fraction of sp³-hybridized carbons (Fsp3) is 0. The summed E-state index contributed by atoms with van der Waals surface area (Å²) in [5, 5.41) is 3.16. The van der Waals surface area contributed by atoms with Crippen molar-refractivity contribution in [2.24, 2.45) is 5.73 Å². The number of urea groups is 1. The van der Waals surface area contributed by atoms with E-state index in [1.165, 1.54) is 6.33 Å². The van der Waals surface area contributed by atoms with Crippen LogP contribution in [0, 0.1) is 0 Å². The highest BCUT2D eigenvalue weighted by Gasteiger charge is 2.11. The summed E-state index contributed by atoms with van der Waals surface area (Å²) in [7, 11) is 0. The van der Waals surface area contributed by atoms with Crippen molar-refractivity contribution in [1.82, 2.24) is 9.97 Å². The maximum atomic E-state index is 11.0. The molecule has 2 heterocycles. The molecular weight excluding hydrogens is 360 g/mol. The van der Waals surface area contributed by atoms with Crippen molar-refractivity contribution in [1.29, 1.82) is 0 Å². The van der Waals surface area contributed by atoms with Gasteiger partial charge < -0.3 is 20.2 Å². The highest BCUT2D eigenvalue weighted by atomic mass is 16.5. The van der Waals surface area contributed by atoms with Crippen molar-refractivity contribution < 1.29 is 18.7 Å². The fourth-order valence-corrected chi connectivity index (χ4v) is 2.73. The molecule has 0 aliphatic carbocycles. The molecule has 0 unspecified atom stereocenters. The zero-order chi connectivity index (χ0) is 19.5. The van der Waals surface area contributed by atoms with E-state index in [2.05, 4.69) is 15.3 Å². The molecule has 0 fully saturated rings. The summed E-state index contributed by atoms with van der Waals surface area (Å²) < 4.78 is 11.4. The molecule has 2 aromatic heterocycles. The highest BCUT2D eigenvalue weighted by molar-refractivity contribution is 5.89. The van der Waals surface area contributed by atoms with E-state index < -0.39 is 6.03 Å². The van der Waals surface area contributed by atoms with Gasteiger partial charge in [0.05, 0.1) is 10.9 Å². The van der Waals surface area contributed by atoms with Crippen molar-refractivity contribution in [3.05, 3.63) is 66.7 Å². The van der Waals surface area contributed by atoms with E-state index in [1.807, 2.05) is 18.2 Å². The minimum atomic E-state index is -0.664. The molecule has 8 heteroatoms. The number of hydrogen-bond acceptors (Lipinski definition) is 6. The second kappa shape index (κ2) is 7.20. The molecule has 2 aromatic carbocycles. The summed E-state index contributed by atoms with van der Waals surface area (Å²) in [6, 6.07) is 14.9. The summed E-state index contributed by atoms with van der Waals surface area (Å²) in [5.74, 6) is 1.60. The summed E-state index contributed by atoms with van der Waals surface area (Å²) in [6.45, 7) is 0. The number of ether oxygens (including phenoxy) is 1. The highest BCUT2D eigenvalue weighted by Crippen LogP contribution is 2.31. The predicted octanol–water partition coefficient (Wildman–Crippen LogP) is 3.99. The van der Waals surface area contributed by atoms with Gasteiger partial charge in [-0.3, -0.25) is 4.79 Å². The van der Waals surface area contributed by atoms with Crippen molar-refractivity contribution in [2.75, 3.05) is 5.32 Å². The Balaban J connectivity index is 1.71. The van der Waals surface area contributed by atoms with Gasteiger partial charge in [-0.2, -0.15) is 0 Å². The zero-order valence-corrected chi connectivity index (χ0v) is 14.5. The predicted molar refractivity (Wildman–Crippen MR) is 102 cm³/mol. The van der Waals surface area contributed by atoms with Crippen LogP contribution < -0.4 is 15.8 Å². The lowest BCUT2D eigenvalue weighted by molar-refractivity contribution is 0.110. The number of aromatic nitrogens is 2. The van der Waals surface area contributed by atoms with Crippen molar-refractivity contribution in [3.8, 4) is 23.0 Å². The minimum Gasteiger partial charge on any atom is -0.453 e. The number of carbonyl (C=O) groups is 2. The van der Waals surface area contributed by atoms with E-state index in [0.717, 1.165) is 5.56 Å². The number of fused-ring (bicyclic) bond motifs is 1. The van der Waals surface area contributed by atoms with E-state index in [0.29, 0.717) is 40.3 Å². The summed E-state index contributed by atoms with van der Waals surface area (Å²) in [4.78, 5) is 30.3. The van der Waals surface area contributed by atoms with Crippen molar-refractivity contribution >= 4 is 28.9 Å². The molecule has 4 rings (SSSR count). The molecule has 0 spiro atoms. The molecule has 2 amide bonds. The van der Waals surface area contributed by atoms with E-state index in [1.54, 1.807) is 36.4 Å². The third kappa shape index (κ3) is 3.51. The lowest BCUT2D eigenvalue weighted by Crippen LogP contribution is -2.19. The number of carbonyl (C=O) groups excluding carboxylic acids is 2. The van der Waals surface area contributed by atoms with Gasteiger partial charge in [0, 0.05) is 17.3 Å². The van der Waals surface area contributed by atoms with E-state index in [-0.39, 0.29) is 5.76 Å². The molecule has 28 heavy (non-hydrogen) atoms. The van der Waals surface area contributed by atoms with Crippen molar-refractivity contribution in [3.63, 3.8) is 0 Å². The SMILES string of the molecule is NC(=O)Nc1cccc(Oc2ncnc3ccc(-c4ccc(C=O)o4)cc23)c1. The number of amides is 2. The van der Waals surface area contributed by atoms with Gasteiger partial charge in [-0.15, -0.1) is 0 Å². The molecule has 0 aliphatic rings. The Morgan fingerprint density at radius 1 is 1.11 bits per heavy atom. The number of primary amides is 1. The molecule has 0 saturated carbocycles. The number of nitrogens with two attached hydrogens (primary N) is 1. The molecule has 138 valence electrons. The number of nitrogens with one attached hydrogen (secondary N) is 1. The first-order chi connectivity index (χ1) is 13.6. The first-order valence-corrected chi connectivity index (χ1v) is 8.27. The second-order valence-electron chi connectivity index (χ2n) is 5.85. The van der Waals surface area contributed by atoms with E-state index in [9.17, 15) is 9.59 Å². The Morgan fingerprint density at radius 2 is 2.00 bits per heavy atom. The van der Waals surface area contributed by atoms with Crippen LogP contribution in [-0.2, 0) is 0 Å².